The highest BCUT2D eigenvalue weighted by Gasteiger charge is 2.22. The van der Waals surface area contributed by atoms with E-state index in [2.05, 4.69) is 54.6 Å². The summed E-state index contributed by atoms with van der Waals surface area (Å²) in [5.41, 5.74) is 5.00. The lowest BCUT2D eigenvalue weighted by molar-refractivity contribution is 0.670. The van der Waals surface area contributed by atoms with E-state index in [1.54, 1.807) is 0 Å². The van der Waals surface area contributed by atoms with Gasteiger partial charge in [-0.05, 0) is 78.3 Å². The number of furan rings is 1. The lowest BCUT2D eigenvalue weighted by atomic mass is 9.83. The van der Waals surface area contributed by atoms with E-state index in [0.717, 1.165) is 54.6 Å². The van der Waals surface area contributed by atoms with Crippen molar-refractivity contribution in [3.05, 3.63) is 158 Å². The van der Waals surface area contributed by atoms with E-state index in [-0.39, 0.29) is 46.1 Å². The predicted octanol–water partition coefficient (Wildman–Crippen LogP) is 12.0. The van der Waals surface area contributed by atoms with Crippen molar-refractivity contribution in [1.29, 1.82) is 0 Å². The molecule has 0 fully saturated rings. The van der Waals surface area contributed by atoms with Crippen molar-refractivity contribution < 1.29 is 12.6 Å². The Kier molecular flexibility index (Phi) is 4.11. The molecule has 0 radical (unpaired) electrons. The van der Waals surface area contributed by atoms with Crippen LogP contribution in [0.5, 0.6) is 0 Å². The van der Waals surface area contributed by atoms with Crippen molar-refractivity contribution in [2.24, 2.45) is 0 Å². The smallest absolute Gasteiger partial charge is 0.143 e. The van der Waals surface area contributed by atoms with E-state index < -0.39 is 12.1 Å². The molecule has 0 amide bonds. The molecule has 0 aliphatic heterocycles. The van der Waals surface area contributed by atoms with Crippen LogP contribution >= 0.6 is 0 Å². The Bertz CT molecular complexity index is 2780. The maximum Gasteiger partial charge on any atom is 0.143 e. The van der Waals surface area contributed by atoms with Gasteiger partial charge < -0.3 is 4.42 Å². The third kappa shape index (κ3) is 3.65. The average Bonchev–Trinajstić information content (AvgIpc) is 3.54. The fraction of sp³-hybridized carbons (Fsp3) is 0. The second-order valence-corrected chi connectivity index (χ2v) is 10.8. The van der Waals surface area contributed by atoms with Gasteiger partial charge in [-0.3, -0.25) is 0 Å². The Labute approximate surface area is 257 Å². The summed E-state index contributed by atoms with van der Waals surface area (Å²) in [5.74, 6) is 0. The zero-order valence-electron chi connectivity index (χ0n) is 29.0. The number of para-hydroxylation sites is 1. The SMILES string of the molecule is [2H]c1c([2H])c([2H])c2c(oc3c(-c4ccccc4)c(-c4c5ccccc5c(-c5ccc6ccccc6c5)c5ccccc45)c([2H])c([2H])c32)c1[2H]. The van der Waals surface area contributed by atoms with Crippen LogP contribution in [0, 0.1) is 0 Å². The first-order chi connectivity index (χ1) is 23.8. The summed E-state index contributed by atoms with van der Waals surface area (Å²) < 4.78 is 59.6. The van der Waals surface area contributed by atoms with Crippen molar-refractivity contribution in [3.63, 3.8) is 0 Å². The fourth-order valence-corrected chi connectivity index (χ4v) is 6.54. The van der Waals surface area contributed by atoms with Gasteiger partial charge in [-0.1, -0.05) is 139 Å². The summed E-state index contributed by atoms with van der Waals surface area (Å²) in [6, 6.07) is 39.1. The molecule has 9 rings (SSSR count). The lowest BCUT2D eigenvalue weighted by Crippen LogP contribution is -1.93. The Morgan fingerprint density at radius 3 is 1.79 bits per heavy atom. The lowest BCUT2D eigenvalue weighted by Gasteiger charge is -2.20. The molecule has 0 bridgehead atoms. The van der Waals surface area contributed by atoms with E-state index in [1.165, 1.54) is 0 Å². The molecule has 0 saturated carbocycles. The van der Waals surface area contributed by atoms with Crippen LogP contribution in [0.4, 0.5) is 0 Å². The van der Waals surface area contributed by atoms with Crippen molar-refractivity contribution in [1.82, 2.24) is 0 Å². The molecule has 0 aliphatic rings. The van der Waals surface area contributed by atoms with E-state index in [1.807, 2.05) is 66.7 Å². The van der Waals surface area contributed by atoms with Gasteiger partial charge in [0.15, 0.2) is 0 Å². The van der Waals surface area contributed by atoms with Gasteiger partial charge >= 0.3 is 0 Å². The first kappa shape index (κ1) is 18.7. The van der Waals surface area contributed by atoms with Gasteiger partial charge in [-0.15, -0.1) is 0 Å². The van der Waals surface area contributed by atoms with Gasteiger partial charge in [0.05, 0.1) is 8.22 Å². The largest absolute Gasteiger partial charge is 0.455 e. The number of hydrogen-bond donors (Lipinski definition) is 0. The maximum absolute atomic E-state index is 9.68. The number of rotatable bonds is 3. The second-order valence-electron chi connectivity index (χ2n) is 10.8. The van der Waals surface area contributed by atoms with Crippen LogP contribution in [0.3, 0.4) is 0 Å². The number of fused-ring (bicyclic) bond motifs is 6. The summed E-state index contributed by atoms with van der Waals surface area (Å²) in [6.07, 6.45) is 0. The third-order valence-electron chi connectivity index (χ3n) is 8.41. The van der Waals surface area contributed by atoms with E-state index in [4.69, 9.17) is 9.90 Å². The molecule has 0 aliphatic carbocycles. The zero-order valence-corrected chi connectivity index (χ0v) is 23.0. The highest BCUT2D eigenvalue weighted by molar-refractivity contribution is 6.24. The summed E-state index contributed by atoms with van der Waals surface area (Å²) in [6.45, 7) is 0. The van der Waals surface area contributed by atoms with E-state index >= 15 is 0 Å². The molecular formula is C42H26O. The van der Waals surface area contributed by atoms with Gasteiger partial charge in [0, 0.05) is 16.3 Å². The minimum atomic E-state index is -0.406. The predicted molar refractivity (Wildman–Crippen MR) is 183 cm³/mol. The fourth-order valence-electron chi connectivity index (χ4n) is 6.54. The van der Waals surface area contributed by atoms with Gasteiger partial charge in [0.1, 0.15) is 11.2 Å². The molecule has 43 heavy (non-hydrogen) atoms. The Morgan fingerprint density at radius 1 is 0.419 bits per heavy atom. The Hall–Kier alpha value is -5.66. The van der Waals surface area contributed by atoms with Crippen molar-refractivity contribution in [3.8, 4) is 33.4 Å². The van der Waals surface area contributed by atoms with Crippen LogP contribution in [0.15, 0.2) is 162 Å². The normalized spacial score (nSPS) is 13.7. The minimum absolute atomic E-state index is 0.0235. The molecule has 0 unspecified atom stereocenters. The first-order valence-corrected chi connectivity index (χ1v) is 14.3. The van der Waals surface area contributed by atoms with Crippen LogP contribution in [0.1, 0.15) is 8.22 Å². The topological polar surface area (TPSA) is 13.1 Å². The van der Waals surface area contributed by atoms with Crippen molar-refractivity contribution >= 4 is 54.3 Å². The Morgan fingerprint density at radius 2 is 1.05 bits per heavy atom. The van der Waals surface area contributed by atoms with Crippen LogP contribution in [0.2, 0.25) is 0 Å². The van der Waals surface area contributed by atoms with E-state index in [9.17, 15) is 2.74 Å². The molecule has 0 N–H and O–H groups in total. The van der Waals surface area contributed by atoms with Crippen molar-refractivity contribution in [2.75, 3.05) is 0 Å². The van der Waals surface area contributed by atoms with Gasteiger partial charge in [-0.25, -0.2) is 0 Å². The van der Waals surface area contributed by atoms with Crippen LogP contribution in [0.25, 0.3) is 87.6 Å². The molecule has 1 aromatic heterocycles. The van der Waals surface area contributed by atoms with E-state index in [0.29, 0.717) is 11.1 Å². The zero-order chi connectivity index (χ0) is 33.6. The Balaban J connectivity index is 1.50. The van der Waals surface area contributed by atoms with Gasteiger partial charge in [-0.2, -0.15) is 0 Å². The quantitative estimate of drug-likeness (QED) is 0.199. The number of hydrogen-bond acceptors (Lipinski definition) is 1. The standard InChI is InChI=1S/C42H26O/c1-2-13-28(14-3-1)40-37(25-24-36-31-16-10-11-21-38(31)43-42(36)40)41-34-19-8-6-17-32(34)39(33-18-7-9-20-35(33)41)30-23-22-27-12-4-5-15-29(27)26-30/h1-26H/i10D,11D,16D,21D,24D,25D. The van der Waals surface area contributed by atoms with Crippen molar-refractivity contribution in [2.45, 2.75) is 0 Å². The molecule has 9 aromatic rings. The third-order valence-corrected chi connectivity index (χ3v) is 8.41. The highest BCUT2D eigenvalue weighted by atomic mass is 16.3. The second kappa shape index (κ2) is 9.44. The average molecular weight is 553 g/mol. The summed E-state index contributed by atoms with van der Waals surface area (Å²) in [4.78, 5) is 0. The summed E-state index contributed by atoms with van der Waals surface area (Å²) in [7, 11) is 0. The van der Waals surface area contributed by atoms with Crippen LogP contribution in [-0.4, -0.2) is 0 Å². The molecule has 1 nitrogen and oxygen atoms in total. The first-order valence-electron chi connectivity index (χ1n) is 17.3. The molecular weight excluding hydrogens is 520 g/mol. The maximum atomic E-state index is 9.68. The molecule has 1 heterocycles. The van der Waals surface area contributed by atoms with Crippen LogP contribution in [-0.2, 0) is 0 Å². The van der Waals surface area contributed by atoms with Gasteiger partial charge in [0.25, 0.3) is 0 Å². The summed E-state index contributed by atoms with van der Waals surface area (Å²) in [5, 5.41) is 6.44. The molecule has 200 valence electrons. The molecule has 1 heteroatoms. The molecule has 0 spiro atoms. The van der Waals surface area contributed by atoms with Gasteiger partial charge in [0.2, 0.25) is 0 Å². The molecule has 0 saturated heterocycles. The highest BCUT2D eigenvalue weighted by Crippen LogP contribution is 2.49. The number of benzene rings is 8. The summed E-state index contributed by atoms with van der Waals surface area (Å²) >= 11 is 0. The molecule has 0 atom stereocenters. The van der Waals surface area contributed by atoms with Crippen LogP contribution < -0.4 is 0 Å². The monoisotopic (exact) mass is 552 g/mol. The molecule has 8 aromatic carbocycles. The minimum Gasteiger partial charge on any atom is -0.455 e.